The Morgan fingerprint density at radius 1 is 1.50 bits per heavy atom. The van der Waals surface area contributed by atoms with E-state index in [1.165, 1.54) is 24.3 Å². The topological polar surface area (TPSA) is 105 Å². The molecule has 0 amide bonds. The minimum absolute atomic E-state index is 0.00586. The van der Waals surface area contributed by atoms with Gasteiger partial charge in [-0.05, 0) is 31.2 Å². The van der Waals surface area contributed by atoms with E-state index in [1.54, 1.807) is 6.08 Å². The molecule has 1 aromatic carbocycles. The number of amidine groups is 1. The summed E-state index contributed by atoms with van der Waals surface area (Å²) in [5, 5.41) is 14.4. The number of sulfone groups is 1. The molecular weight excluding hydrogens is 278 g/mol. The first kappa shape index (κ1) is 16.2. The highest BCUT2D eigenvalue weighted by molar-refractivity contribution is 7.91. The summed E-state index contributed by atoms with van der Waals surface area (Å²) >= 11 is 0. The van der Waals surface area contributed by atoms with Crippen molar-refractivity contribution in [1.29, 1.82) is 0 Å². The van der Waals surface area contributed by atoms with Crippen LogP contribution in [0.5, 0.6) is 0 Å². The molecule has 110 valence electrons. The van der Waals surface area contributed by atoms with Gasteiger partial charge < -0.3 is 16.3 Å². The van der Waals surface area contributed by atoms with Crippen LogP contribution in [0.25, 0.3) is 0 Å². The number of nitrogens with one attached hydrogen (secondary N) is 1. The molecule has 0 spiro atoms. The van der Waals surface area contributed by atoms with Crippen LogP contribution in [0.15, 0.2) is 47.0 Å². The number of nitrogens with zero attached hydrogens (tertiary/aromatic N) is 1. The number of hydrogen-bond donors (Lipinski definition) is 3. The van der Waals surface area contributed by atoms with Gasteiger partial charge >= 0.3 is 0 Å². The zero-order chi connectivity index (χ0) is 15.2. The molecule has 0 aromatic heterocycles. The molecule has 0 radical (unpaired) electrons. The summed E-state index contributed by atoms with van der Waals surface area (Å²) < 4.78 is 24.2. The first-order valence-corrected chi connectivity index (χ1v) is 7.72. The maximum absolute atomic E-state index is 12.1. The smallest absolute Gasteiger partial charge is 0.179 e. The molecule has 1 rings (SSSR count). The Bertz CT molecular complexity index is 579. The second-order valence-corrected chi connectivity index (χ2v) is 6.42. The van der Waals surface area contributed by atoms with Crippen molar-refractivity contribution in [2.45, 2.75) is 17.9 Å². The summed E-state index contributed by atoms with van der Waals surface area (Å²) in [4.78, 5) is 0.208. The van der Waals surface area contributed by atoms with Crippen molar-refractivity contribution >= 4 is 15.7 Å². The highest BCUT2D eigenvalue weighted by atomic mass is 32.2. The van der Waals surface area contributed by atoms with E-state index in [2.05, 4.69) is 17.1 Å². The molecule has 4 N–H and O–H groups in total. The van der Waals surface area contributed by atoms with Crippen LogP contribution in [0.2, 0.25) is 0 Å². The SMILES string of the molecule is C=CC(C)NCCS(=O)(=O)c1ccc(/C(N)=N/O)cc1. The number of oxime groups is 1. The molecule has 0 aliphatic rings. The van der Waals surface area contributed by atoms with Gasteiger partial charge in [-0.3, -0.25) is 0 Å². The van der Waals surface area contributed by atoms with Gasteiger partial charge in [0.05, 0.1) is 10.6 Å². The predicted molar refractivity (Wildman–Crippen MR) is 78.7 cm³/mol. The highest BCUT2D eigenvalue weighted by Gasteiger charge is 2.14. The van der Waals surface area contributed by atoms with E-state index in [-0.39, 0.29) is 22.5 Å². The van der Waals surface area contributed by atoms with Crippen LogP contribution < -0.4 is 11.1 Å². The van der Waals surface area contributed by atoms with Crippen LogP contribution in [0, 0.1) is 0 Å². The van der Waals surface area contributed by atoms with Gasteiger partial charge in [0.2, 0.25) is 0 Å². The molecule has 20 heavy (non-hydrogen) atoms. The van der Waals surface area contributed by atoms with Crippen molar-refractivity contribution in [1.82, 2.24) is 5.32 Å². The fourth-order valence-corrected chi connectivity index (χ4v) is 2.69. The molecule has 1 atom stereocenters. The molecule has 0 bridgehead atoms. The van der Waals surface area contributed by atoms with E-state index in [4.69, 9.17) is 10.9 Å². The Balaban J connectivity index is 2.75. The Labute approximate surface area is 118 Å². The van der Waals surface area contributed by atoms with Crippen LogP contribution in [-0.2, 0) is 9.84 Å². The summed E-state index contributed by atoms with van der Waals surface area (Å²) in [5.74, 6) is -0.0656. The van der Waals surface area contributed by atoms with E-state index in [0.717, 1.165) is 0 Å². The minimum Gasteiger partial charge on any atom is -0.409 e. The summed E-state index contributed by atoms with van der Waals surface area (Å²) in [6.07, 6.45) is 1.71. The third-order valence-corrected chi connectivity index (χ3v) is 4.54. The van der Waals surface area contributed by atoms with Crippen molar-refractivity contribution in [3.8, 4) is 0 Å². The Morgan fingerprint density at radius 3 is 2.60 bits per heavy atom. The fraction of sp³-hybridized carbons (Fsp3) is 0.308. The van der Waals surface area contributed by atoms with Crippen LogP contribution in [0.3, 0.4) is 0 Å². The second kappa shape index (κ2) is 7.06. The van der Waals surface area contributed by atoms with Crippen LogP contribution >= 0.6 is 0 Å². The van der Waals surface area contributed by atoms with Crippen LogP contribution in [0.4, 0.5) is 0 Å². The molecule has 1 aromatic rings. The lowest BCUT2D eigenvalue weighted by Crippen LogP contribution is -2.29. The number of benzene rings is 1. The van der Waals surface area contributed by atoms with Gasteiger partial charge in [0.1, 0.15) is 0 Å². The van der Waals surface area contributed by atoms with Gasteiger partial charge in [-0.15, -0.1) is 6.58 Å². The summed E-state index contributed by atoms with van der Waals surface area (Å²) in [7, 11) is -3.35. The van der Waals surface area contributed by atoms with Crippen molar-refractivity contribution in [2.24, 2.45) is 10.9 Å². The first-order valence-electron chi connectivity index (χ1n) is 6.07. The molecule has 0 saturated heterocycles. The zero-order valence-corrected chi connectivity index (χ0v) is 12.1. The van der Waals surface area contributed by atoms with Crippen LogP contribution in [-0.4, -0.2) is 37.8 Å². The van der Waals surface area contributed by atoms with E-state index in [1.807, 2.05) is 6.92 Å². The molecule has 0 aliphatic carbocycles. The monoisotopic (exact) mass is 297 g/mol. The third kappa shape index (κ3) is 4.36. The highest BCUT2D eigenvalue weighted by Crippen LogP contribution is 2.12. The quantitative estimate of drug-likeness (QED) is 0.226. The van der Waals surface area contributed by atoms with Crippen molar-refractivity contribution in [3.63, 3.8) is 0 Å². The van der Waals surface area contributed by atoms with Gasteiger partial charge in [0, 0.05) is 18.2 Å². The molecule has 6 nitrogen and oxygen atoms in total. The maximum Gasteiger partial charge on any atom is 0.179 e. The fourth-order valence-electron chi connectivity index (χ4n) is 1.51. The standard InChI is InChI=1S/C13H19N3O3S/c1-3-10(2)15-8-9-20(18,19)12-6-4-11(5-7-12)13(14)16-17/h3-7,10,15,17H,1,8-9H2,2H3,(H2,14,16). The maximum atomic E-state index is 12.1. The number of rotatable bonds is 7. The molecule has 0 fully saturated rings. The predicted octanol–water partition coefficient (Wildman–Crippen LogP) is 0.719. The normalized spacial score (nSPS) is 13.9. The Kier molecular flexibility index (Phi) is 5.72. The number of hydrogen-bond acceptors (Lipinski definition) is 5. The minimum atomic E-state index is -3.35. The molecule has 1 unspecified atom stereocenters. The van der Waals surface area contributed by atoms with Crippen LogP contribution in [0.1, 0.15) is 12.5 Å². The third-order valence-electron chi connectivity index (χ3n) is 2.81. The summed E-state index contributed by atoms with van der Waals surface area (Å²) in [6, 6.07) is 5.95. The van der Waals surface area contributed by atoms with Crippen molar-refractivity contribution in [2.75, 3.05) is 12.3 Å². The summed E-state index contributed by atoms with van der Waals surface area (Å²) in [5.41, 5.74) is 5.88. The molecule has 0 saturated carbocycles. The average Bonchev–Trinajstić information content (AvgIpc) is 2.46. The molecule has 7 heteroatoms. The van der Waals surface area contributed by atoms with Gasteiger partial charge in [0.25, 0.3) is 0 Å². The Hall–Kier alpha value is -1.86. The van der Waals surface area contributed by atoms with Gasteiger partial charge in [-0.1, -0.05) is 11.2 Å². The second-order valence-electron chi connectivity index (χ2n) is 4.31. The van der Waals surface area contributed by atoms with Crippen molar-refractivity contribution < 1.29 is 13.6 Å². The lowest BCUT2D eigenvalue weighted by atomic mass is 10.2. The Morgan fingerprint density at radius 2 is 2.10 bits per heavy atom. The molecule has 0 aliphatic heterocycles. The van der Waals surface area contributed by atoms with E-state index < -0.39 is 9.84 Å². The number of nitrogens with two attached hydrogens (primary N) is 1. The van der Waals surface area contributed by atoms with Gasteiger partial charge in [-0.2, -0.15) is 0 Å². The lowest BCUT2D eigenvalue weighted by Gasteiger charge is -2.09. The van der Waals surface area contributed by atoms with Gasteiger partial charge in [0.15, 0.2) is 15.7 Å². The average molecular weight is 297 g/mol. The zero-order valence-electron chi connectivity index (χ0n) is 11.3. The van der Waals surface area contributed by atoms with E-state index in [0.29, 0.717) is 12.1 Å². The van der Waals surface area contributed by atoms with E-state index >= 15 is 0 Å². The largest absolute Gasteiger partial charge is 0.409 e. The first-order chi connectivity index (χ1) is 9.40. The molecular formula is C13H19N3O3S. The van der Waals surface area contributed by atoms with Crippen molar-refractivity contribution in [3.05, 3.63) is 42.5 Å². The lowest BCUT2D eigenvalue weighted by molar-refractivity contribution is 0.318. The van der Waals surface area contributed by atoms with Gasteiger partial charge in [-0.25, -0.2) is 8.42 Å². The molecule has 0 heterocycles. The van der Waals surface area contributed by atoms with E-state index in [9.17, 15) is 8.42 Å². The summed E-state index contributed by atoms with van der Waals surface area (Å²) in [6.45, 7) is 5.85.